The summed E-state index contributed by atoms with van der Waals surface area (Å²) in [5, 5.41) is 3.61. The van der Waals surface area contributed by atoms with Crippen molar-refractivity contribution in [3.63, 3.8) is 0 Å². The molecular weight excluding hydrogens is 222 g/mol. The zero-order valence-electron chi connectivity index (χ0n) is 11.8. The molecule has 1 aromatic carbocycles. The lowest BCUT2D eigenvalue weighted by Crippen LogP contribution is -2.30. The molecule has 0 spiro atoms. The first kappa shape index (κ1) is 13.4. The molecule has 0 aromatic heterocycles. The second-order valence-corrected chi connectivity index (χ2v) is 5.44. The highest BCUT2D eigenvalue weighted by Gasteiger charge is 2.27. The van der Waals surface area contributed by atoms with Gasteiger partial charge in [-0.15, -0.1) is 0 Å². The lowest BCUT2D eigenvalue weighted by Gasteiger charge is -2.21. The first-order chi connectivity index (χ1) is 8.70. The van der Waals surface area contributed by atoms with E-state index in [4.69, 9.17) is 4.74 Å². The molecule has 1 aliphatic rings. The third-order valence-corrected chi connectivity index (χ3v) is 3.64. The van der Waals surface area contributed by atoms with E-state index in [9.17, 15) is 0 Å². The molecule has 0 saturated heterocycles. The maximum atomic E-state index is 5.79. The largest absolute Gasteiger partial charge is 0.491 e. The van der Waals surface area contributed by atoms with Crippen molar-refractivity contribution in [2.75, 3.05) is 6.54 Å². The van der Waals surface area contributed by atoms with E-state index in [0.717, 1.165) is 12.3 Å². The molecule has 1 N–H and O–H groups in total. The Kier molecular flexibility index (Phi) is 4.65. The summed E-state index contributed by atoms with van der Waals surface area (Å²) in [6.07, 6.45) is 4.17. The zero-order chi connectivity index (χ0) is 13.0. The average molecular weight is 247 g/mol. The molecule has 2 rings (SSSR count). The first-order valence-corrected chi connectivity index (χ1v) is 7.20. The minimum absolute atomic E-state index is 0.244. The monoisotopic (exact) mass is 247 g/mol. The van der Waals surface area contributed by atoms with Gasteiger partial charge in [0.25, 0.3) is 0 Å². The Labute approximate surface area is 111 Å². The predicted octanol–water partition coefficient (Wildman–Crippen LogP) is 3.72. The normalized spacial score (nSPS) is 23.6. The van der Waals surface area contributed by atoms with Crippen molar-refractivity contribution in [3.8, 4) is 5.75 Å². The number of benzene rings is 1. The van der Waals surface area contributed by atoms with Crippen LogP contribution in [0.15, 0.2) is 24.3 Å². The highest BCUT2D eigenvalue weighted by Crippen LogP contribution is 2.35. The van der Waals surface area contributed by atoms with Gasteiger partial charge in [0.15, 0.2) is 0 Å². The fraction of sp³-hybridized carbons (Fsp3) is 0.625. The number of ether oxygens (including phenoxy) is 1. The standard InChI is InChI=1S/C16H25NO/c1-4-17-16-10-6-9-15(16)13-7-5-8-14(11-13)18-12(2)3/h5,7-8,11-12,15-17H,4,6,9-10H2,1-3H3. The number of likely N-dealkylation sites (N-methyl/N-ethyl adjacent to an activating group) is 1. The topological polar surface area (TPSA) is 21.3 Å². The van der Waals surface area contributed by atoms with Crippen LogP contribution in [0, 0.1) is 0 Å². The van der Waals surface area contributed by atoms with E-state index in [-0.39, 0.29) is 6.10 Å². The Morgan fingerprint density at radius 1 is 1.33 bits per heavy atom. The van der Waals surface area contributed by atoms with Gasteiger partial charge in [-0.25, -0.2) is 0 Å². The van der Waals surface area contributed by atoms with Gasteiger partial charge in [-0.2, -0.15) is 0 Å². The molecule has 0 radical (unpaired) electrons. The molecule has 0 amide bonds. The molecular formula is C16H25NO. The van der Waals surface area contributed by atoms with Crippen molar-refractivity contribution in [2.24, 2.45) is 0 Å². The van der Waals surface area contributed by atoms with Gasteiger partial charge in [-0.05, 0) is 56.8 Å². The molecule has 0 bridgehead atoms. The minimum Gasteiger partial charge on any atom is -0.491 e. The van der Waals surface area contributed by atoms with Crippen molar-refractivity contribution < 1.29 is 4.74 Å². The van der Waals surface area contributed by atoms with Crippen LogP contribution in [0.3, 0.4) is 0 Å². The molecule has 2 nitrogen and oxygen atoms in total. The number of hydrogen-bond acceptors (Lipinski definition) is 2. The quantitative estimate of drug-likeness (QED) is 0.856. The van der Waals surface area contributed by atoms with E-state index in [1.807, 2.05) is 0 Å². The Morgan fingerprint density at radius 2 is 2.17 bits per heavy atom. The van der Waals surface area contributed by atoms with Crippen molar-refractivity contribution >= 4 is 0 Å². The number of nitrogens with one attached hydrogen (secondary N) is 1. The fourth-order valence-corrected chi connectivity index (χ4v) is 2.96. The van der Waals surface area contributed by atoms with E-state index in [1.165, 1.54) is 24.8 Å². The zero-order valence-corrected chi connectivity index (χ0v) is 11.8. The summed E-state index contributed by atoms with van der Waals surface area (Å²) in [5.74, 6) is 1.66. The van der Waals surface area contributed by atoms with Crippen molar-refractivity contribution in [2.45, 2.75) is 58.1 Å². The molecule has 1 aromatic rings. The number of rotatable bonds is 5. The van der Waals surface area contributed by atoms with Crippen LogP contribution in [0.4, 0.5) is 0 Å². The Balaban J connectivity index is 2.12. The van der Waals surface area contributed by atoms with Crippen LogP contribution >= 0.6 is 0 Å². The molecule has 1 saturated carbocycles. The van der Waals surface area contributed by atoms with Crippen LogP contribution in [0.2, 0.25) is 0 Å². The lowest BCUT2D eigenvalue weighted by molar-refractivity contribution is 0.242. The summed E-state index contributed by atoms with van der Waals surface area (Å²) in [5.41, 5.74) is 1.43. The Hall–Kier alpha value is -1.02. The molecule has 1 aliphatic carbocycles. The second kappa shape index (κ2) is 6.24. The van der Waals surface area contributed by atoms with Gasteiger partial charge >= 0.3 is 0 Å². The van der Waals surface area contributed by atoms with Gasteiger partial charge in [-0.1, -0.05) is 25.5 Å². The van der Waals surface area contributed by atoms with Gasteiger partial charge in [0.05, 0.1) is 6.10 Å². The van der Waals surface area contributed by atoms with Gasteiger partial charge < -0.3 is 10.1 Å². The smallest absolute Gasteiger partial charge is 0.119 e. The van der Waals surface area contributed by atoms with Gasteiger partial charge in [-0.3, -0.25) is 0 Å². The first-order valence-electron chi connectivity index (χ1n) is 7.20. The summed E-state index contributed by atoms with van der Waals surface area (Å²) < 4.78 is 5.79. The van der Waals surface area contributed by atoms with Gasteiger partial charge in [0, 0.05) is 6.04 Å². The molecule has 0 heterocycles. The molecule has 100 valence electrons. The summed E-state index contributed by atoms with van der Waals surface area (Å²) in [7, 11) is 0. The van der Waals surface area contributed by atoms with Gasteiger partial charge in [0.2, 0.25) is 0 Å². The van der Waals surface area contributed by atoms with Crippen LogP contribution in [0.25, 0.3) is 0 Å². The third kappa shape index (κ3) is 3.26. The second-order valence-electron chi connectivity index (χ2n) is 5.44. The Morgan fingerprint density at radius 3 is 2.89 bits per heavy atom. The van der Waals surface area contributed by atoms with Crippen LogP contribution in [-0.2, 0) is 0 Å². The fourth-order valence-electron chi connectivity index (χ4n) is 2.96. The maximum Gasteiger partial charge on any atom is 0.119 e. The summed E-state index contributed by atoms with van der Waals surface area (Å²) in [6, 6.07) is 9.28. The van der Waals surface area contributed by atoms with E-state index in [1.54, 1.807) is 0 Å². The van der Waals surface area contributed by atoms with Crippen LogP contribution in [0.5, 0.6) is 5.75 Å². The number of hydrogen-bond donors (Lipinski definition) is 1. The molecule has 2 atom stereocenters. The van der Waals surface area contributed by atoms with Gasteiger partial charge in [0.1, 0.15) is 5.75 Å². The summed E-state index contributed by atoms with van der Waals surface area (Å²) in [4.78, 5) is 0. The van der Waals surface area contributed by atoms with Crippen molar-refractivity contribution in [1.82, 2.24) is 5.32 Å². The maximum absolute atomic E-state index is 5.79. The van der Waals surface area contributed by atoms with Crippen molar-refractivity contribution in [3.05, 3.63) is 29.8 Å². The molecule has 0 aliphatic heterocycles. The molecule has 18 heavy (non-hydrogen) atoms. The summed E-state index contributed by atoms with van der Waals surface area (Å²) >= 11 is 0. The molecule has 2 unspecified atom stereocenters. The summed E-state index contributed by atoms with van der Waals surface area (Å²) in [6.45, 7) is 7.39. The highest BCUT2D eigenvalue weighted by atomic mass is 16.5. The molecule has 1 fully saturated rings. The third-order valence-electron chi connectivity index (χ3n) is 3.64. The van der Waals surface area contributed by atoms with Crippen LogP contribution < -0.4 is 10.1 Å². The SMILES string of the molecule is CCNC1CCCC1c1cccc(OC(C)C)c1. The average Bonchev–Trinajstić information content (AvgIpc) is 2.77. The van der Waals surface area contributed by atoms with E-state index in [0.29, 0.717) is 12.0 Å². The van der Waals surface area contributed by atoms with Crippen molar-refractivity contribution in [1.29, 1.82) is 0 Å². The highest BCUT2D eigenvalue weighted by molar-refractivity contribution is 5.32. The predicted molar refractivity (Wildman–Crippen MR) is 76.3 cm³/mol. The van der Waals surface area contributed by atoms with Crippen LogP contribution in [-0.4, -0.2) is 18.7 Å². The van der Waals surface area contributed by atoms with E-state index < -0.39 is 0 Å². The minimum atomic E-state index is 0.244. The van der Waals surface area contributed by atoms with E-state index >= 15 is 0 Å². The van der Waals surface area contributed by atoms with E-state index in [2.05, 4.69) is 50.4 Å². The molecule has 2 heteroatoms. The lowest BCUT2D eigenvalue weighted by atomic mass is 9.94. The van der Waals surface area contributed by atoms with Crippen LogP contribution in [0.1, 0.15) is 51.5 Å². The Bertz CT molecular complexity index is 375.